The second-order valence-electron chi connectivity index (χ2n) is 7.34. The number of hydrogen-bond donors (Lipinski definition) is 1. The predicted octanol–water partition coefficient (Wildman–Crippen LogP) is 2.93. The molecule has 0 bridgehead atoms. The minimum absolute atomic E-state index is 0.205. The molecule has 4 nitrogen and oxygen atoms in total. The summed E-state index contributed by atoms with van der Waals surface area (Å²) in [7, 11) is 1.66. The number of aliphatic hydroxyl groups excluding tert-OH is 1. The zero-order chi connectivity index (χ0) is 16.5. The highest BCUT2D eigenvalue weighted by atomic mass is 16.5. The van der Waals surface area contributed by atoms with Gasteiger partial charge in [-0.2, -0.15) is 0 Å². The molecule has 1 spiro atoms. The van der Waals surface area contributed by atoms with E-state index in [0.717, 1.165) is 41.1 Å². The van der Waals surface area contributed by atoms with Crippen LogP contribution >= 0.6 is 0 Å². The molecule has 0 amide bonds. The molecule has 0 radical (unpaired) electrons. The van der Waals surface area contributed by atoms with Crippen LogP contribution in [0.4, 0.5) is 0 Å². The number of ether oxygens (including phenoxy) is 1. The van der Waals surface area contributed by atoms with Gasteiger partial charge >= 0.3 is 0 Å². The van der Waals surface area contributed by atoms with Crippen molar-refractivity contribution in [3.63, 3.8) is 0 Å². The molecule has 5 atom stereocenters. The number of hydrogen-bond acceptors (Lipinski definition) is 4. The molecular weight excluding hydrogens is 300 g/mol. The molecular formula is C20H22N2O2. The van der Waals surface area contributed by atoms with Crippen molar-refractivity contribution in [3.8, 4) is 5.75 Å². The summed E-state index contributed by atoms with van der Waals surface area (Å²) < 4.78 is 5.35. The van der Waals surface area contributed by atoms with Crippen molar-refractivity contribution in [3.05, 3.63) is 48.7 Å². The van der Waals surface area contributed by atoms with Crippen LogP contribution in [0.15, 0.2) is 43.1 Å². The van der Waals surface area contributed by atoms with Gasteiger partial charge in [0, 0.05) is 23.2 Å². The third kappa shape index (κ3) is 1.63. The van der Waals surface area contributed by atoms with E-state index in [2.05, 4.69) is 22.5 Å². The lowest BCUT2D eigenvalue weighted by Gasteiger charge is -2.50. The Balaban J connectivity index is 1.49. The number of nitrogens with zero attached hydrogens (tertiary/aromatic N) is 2. The number of pyridine rings is 1. The Morgan fingerprint density at radius 3 is 3.08 bits per heavy atom. The van der Waals surface area contributed by atoms with Crippen LogP contribution in [0.5, 0.6) is 5.75 Å². The van der Waals surface area contributed by atoms with Gasteiger partial charge in [-0.1, -0.05) is 6.08 Å². The van der Waals surface area contributed by atoms with Gasteiger partial charge in [0.05, 0.1) is 18.7 Å². The first-order valence-electron chi connectivity index (χ1n) is 8.70. The van der Waals surface area contributed by atoms with E-state index < -0.39 is 6.10 Å². The quantitative estimate of drug-likeness (QED) is 0.879. The van der Waals surface area contributed by atoms with Crippen LogP contribution in [0, 0.1) is 11.8 Å². The van der Waals surface area contributed by atoms with Crippen LogP contribution in [0.3, 0.4) is 0 Å². The average Bonchev–Trinajstić information content (AvgIpc) is 3.18. The topological polar surface area (TPSA) is 45.6 Å². The maximum absolute atomic E-state index is 11.1. The molecule has 24 heavy (non-hydrogen) atoms. The molecule has 1 aliphatic carbocycles. The normalized spacial score (nSPS) is 35.0. The number of aromatic nitrogens is 1. The summed E-state index contributed by atoms with van der Waals surface area (Å²) in [5, 5.41) is 12.1. The first-order valence-corrected chi connectivity index (χ1v) is 8.70. The van der Waals surface area contributed by atoms with Crippen molar-refractivity contribution < 1.29 is 9.84 Å². The Morgan fingerprint density at radius 1 is 1.46 bits per heavy atom. The molecule has 1 aromatic heterocycles. The molecule has 2 saturated heterocycles. The number of rotatable bonds is 4. The number of methoxy groups -OCH3 is 1. The molecule has 1 aromatic carbocycles. The molecule has 2 aliphatic heterocycles. The Labute approximate surface area is 141 Å². The van der Waals surface area contributed by atoms with Crippen molar-refractivity contribution in [2.75, 3.05) is 13.7 Å². The van der Waals surface area contributed by atoms with Gasteiger partial charge < -0.3 is 9.84 Å². The fourth-order valence-corrected chi connectivity index (χ4v) is 5.46. The first-order chi connectivity index (χ1) is 11.7. The highest BCUT2D eigenvalue weighted by Crippen LogP contribution is 2.71. The smallest absolute Gasteiger partial charge is 0.119 e. The van der Waals surface area contributed by atoms with Crippen LogP contribution in [0.25, 0.3) is 10.9 Å². The third-order valence-corrected chi connectivity index (χ3v) is 6.62. The van der Waals surface area contributed by atoms with Crippen LogP contribution in [-0.2, 0) is 0 Å². The SMILES string of the molecule is C=CC1C2CCN3C([C@@H](O)c4ccnc5ccc(OC)cc45)CC123. The van der Waals surface area contributed by atoms with E-state index in [9.17, 15) is 5.11 Å². The molecule has 5 rings (SSSR count). The van der Waals surface area contributed by atoms with E-state index in [0.29, 0.717) is 11.5 Å². The second kappa shape index (κ2) is 4.80. The Hall–Kier alpha value is -1.91. The van der Waals surface area contributed by atoms with E-state index in [-0.39, 0.29) is 6.04 Å². The lowest BCUT2D eigenvalue weighted by molar-refractivity contribution is -0.0656. The molecule has 124 valence electrons. The average molecular weight is 322 g/mol. The number of piperidine rings is 1. The fourth-order valence-electron chi connectivity index (χ4n) is 5.46. The van der Waals surface area contributed by atoms with Gasteiger partial charge in [0.25, 0.3) is 0 Å². The highest BCUT2D eigenvalue weighted by Gasteiger charge is 2.76. The number of benzene rings is 1. The Morgan fingerprint density at radius 2 is 2.33 bits per heavy atom. The maximum atomic E-state index is 11.1. The lowest BCUT2D eigenvalue weighted by Crippen LogP contribution is -2.59. The first kappa shape index (κ1) is 14.4. The van der Waals surface area contributed by atoms with Crippen molar-refractivity contribution in [1.82, 2.24) is 9.88 Å². The molecule has 1 saturated carbocycles. The summed E-state index contributed by atoms with van der Waals surface area (Å²) >= 11 is 0. The summed E-state index contributed by atoms with van der Waals surface area (Å²) in [5.74, 6) is 2.20. The second-order valence-corrected chi connectivity index (χ2v) is 7.34. The van der Waals surface area contributed by atoms with Crippen molar-refractivity contribution in [2.45, 2.75) is 30.5 Å². The minimum Gasteiger partial charge on any atom is -0.497 e. The molecule has 2 aromatic rings. The standard InChI is InChI=1S/C20H22N2O2/c1-3-15-16-7-9-22-18(11-20(15,16)22)19(23)13-6-8-21-17-5-4-12(24-2)10-14(13)17/h3-6,8,10,15-16,18-19,23H,1,7,9,11H2,2H3/t15?,16?,18?,19-,20?/m0/s1. The van der Waals surface area contributed by atoms with Crippen molar-refractivity contribution in [1.29, 1.82) is 0 Å². The van der Waals surface area contributed by atoms with E-state index in [1.54, 1.807) is 13.3 Å². The van der Waals surface area contributed by atoms with Gasteiger partial charge in [0.15, 0.2) is 0 Å². The molecule has 1 N–H and O–H groups in total. The summed E-state index contributed by atoms with van der Waals surface area (Å²) in [4.78, 5) is 6.95. The van der Waals surface area contributed by atoms with Gasteiger partial charge in [0.1, 0.15) is 5.75 Å². The summed E-state index contributed by atoms with van der Waals surface area (Å²) in [6.07, 6.45) is 5.73. The maximum Gasteiger partial charge on any atom is 0.119 e. The monoisotopic (exact) mass is 322 g/mol. The number of aliphatic hydroxyl groups is 1. The van der Waals surface area contributed by atoms with Crippen molar-refractivity contribution >= 4 is 10.9 Å². The molecule has 3 heterocycles. The molecule has 4 heteroatoms. The fraction of sp³-hybridized carbons (Fsp3) is 0.450. The summed E-state index contributed by atoms with van der Waals surface area (Å²) in [5.41, 5.74) is 2.18. The molecule has 3 fully saturated rings. The molecule has 4 unspecified atom stereocenters. The lowest BCUT2D eigenvalue weighted by atomic mass is 9.82. The van der Waals surface area contributed by atoms with Crippen LogP contribution < -0.4 is 4.74 Å². The van der Waals surface area contributed by atoms with Crippen LogP contribution in [0.2, 0.25) is 0 Å². The van der Waals surface area contributed by atoms with E-state index >= 15 is 0 Å². The Bertz CT molecular complexity index is 835. The van der Waals surface area contributed by atoms with Crippen molar-refractivity contribution in [2.24, 2.45) is 11.8 Å². The zero-order valence-corrected chi connectivity index (χ0v) is 13.9. The molecule has 3 aliphatic rings. The van der Waals surface area contributed by atoms with E-state index in [1.807, 2.05) is 24.3 Å². The predicted molar refractivity (Wildman–Crippen MR) is 92.9 cm³/mol. The number of fused-ring (bicyclic) bond motifs is 1. The van der Waals surface area contributed by atoms with Gasteiger partial charge in [-0.25, -0.2) is 0 Å². The minimum atomic E-state index is -0.488. The van der Waals surface area contributed by atoms with Gasteiger partial charge in [0.2, 0.25) is 0 Å². The van der Waals surface area contributed by atoms with Gasteiger partial charge in [-0.05, 0) is 61.1 Å². The Kier molecular flexibility index (Phi) is 2.89. The van der Waals surface area contributed by atoms with E-state index in [1.165, 1.54) is 6.42 Å². The largest absolute Gasteiger partial charge is 0.497 e. The van der Waals surface area contributed by atoms with Gasteiger partial charge in [-0.3, -0.25) is 9.88 Å². The summed E-state index contributed by atoms with van der Waals surface area (Å²) in [6, 6.07) is 7.99. The van der Waals surface area contributed by atoms with Crippen LogP contribution in [0.1, 0.15) is 24.5 Å². The highest BCUT2D eigenvalue weighted by molar-refractivity contribution is 5.84. The van der Waals surface area contributed by atoms with Gasteiger partial charge in [-0.15, -0.1) is 6.58 Å². The van der Waals surface area contributed by atoms with E-state index in [4.69, 9.17) is 4.74 Å². The zero-order valence-electron chi connectivity index (χ0n) is 13.9. The summed E-state index contributed by atoms with van der Waals surface area (Å²) in [6.45, 7) is 5.10. The van der Waals surface area contributed by atoms with Crippen LogP contribution in [-0.4, -0.2) is 40.2 Å². The third-order valence-electron chi connectivity index (χ3n) is 6.62.